The molecule has 28 heavy (non-hydrogen) atoms. The standard InChI is InChI=1S/C24H40O.C2H4O/c1-2-3-4-5-6-7-8-9-10-11-12-13-14-15-19-22-24(25)23-20-17-16-18-21-23;1-2-3/h16-18,20-21H,2-15,19,22H2,1H3;2H,1H3. The number of rotatable bonds is 17. The Hall–Kier alpha value is -1.44. The van der Waals surface area contributed by atoms with Crippen molar-refractivity contribution in [1.82, 2.24) is 0 Å². The summed E-state index contributed by atoms with van der Waals surface area (Å²) in [4.78, 5) is 20.8. The van der Waals surface area contributed by atoms with E-state index in [-0.39, 0.29) is 0 Å². The largest absolute Gasteiger partial charge is 0.304 e. The van der Waals surface area contributed by atoms with E-state index in [0.717, 1.165) is 18.3 Å². The Morgan fingerprint density at radius 2 is 1.04 bits per heavy atom. The lowest BCUT2D eigenvalue weighted by Crippen LogP contribution is -1.98. The third kappa shape index (κ3) is 17.9. The maximum Gasteiger partial charge on any atom is 0.162 e. The number of hydrogen-bond donors (Lipinski definition) is 0. The van der Waals surface area contributed by atoms with Crippen LogP contribution in [0.2, 0.25) is 0 Å². The van der Waals surface area contributed by atoms with Crippen molar-refractivity contribution >= 4 is 12.1 Å². The van der Waals surface area contributed by atoms with Gasteiger partial charge in [0.25, 0.3) is 0 Å². The number of unbranched alkanes of at least 4 members (excludes halogenated alkanes) is 14. The van der Waals surface area contributed by atoms with Gasteiger partial charge in [-0.15, -0.1) is 0 Å². The van der Waals surface area contributed by atoms with Crippen LogP contribution in [0.5, 0.6) is 0 Å². The van der Waals surface area contributed by atoms with Gasteiger partial charge in [0.15, 0.2) is 5.78 Å². The van der Waals surface area contributed by atoms with Crippen molar-refractivity contribution in [2.45, 2.75) is 117 Å². The second kappa shape index (κ2) is 21.9. The zero-order chi connectivity index (χ0) is 20.7. The molecule has 0 saturated carbocycles. The fourth-order valence-corrected chi connectivity index (χ4v) is 3.43. The van der Waals surface area contributed by atoms with E-state index in [1.807, 2.05) is 30.3 Å². The molecule has 0 amide bonds. The molecule has 0 bridgehead atoms. The van der Waals surface area contributed by atoms with Crippen molar-refractivity contribution in [1.29, 1.82) is 0 Å². The van der Waals surface area contributed by atoms with Gasteiger partial charge in [-0.25, -0.2) is 0 Å². The van der Waals surface area contributed by atoms with E-state index < -0.39 is 0 Å². The highest BCUT2D eigenvalue weighted by Crippen LogP contribution is 2.14. The molecule has 0 unspecified atom stereocenters. The summed E-state index contributed by atoms with van der Waals surface area (Å²) in [5.41, 5.74) is 0.868. The quantitative estimate of drug-likeness (QED) is 0.153. The van der Waals surface area contributed by atoms with E-state index >= 15 is 0 Å². The summed E-state index contributed by atoms with van der Waals surface area (Å²) in [5, 5.41) is 0. The van der Waals surface area contributed by atoms with Crippen molar-refractivity contribution in [2.24, 2.45) is 0 Å². The average Bonchev–Trinajstić information content (AvgIpc) is 2.72. The number of Topliss-reactive ketones (excluding diaryl/α,β-unsaturated/α-hetero) is 1. The van der Waals surface area contributed by atoms with Crippen LogP contribution in [-0.4, -0.2) is 12.1 Å². The molecule has 0 heterocycles. The molecule has 0 aliphatic carbocycles. The van der Waals surface area contributed by atoms with Crippen molar-refractivity contribution in [3.05, 3.63) is 35.9 Å². The summed E-state index contributed by atoms with van der Waals surface area (Å²) in [6, 6.07) is 9.70. The van der Waals surface area contributed by atoms with Crippen molar-refractivity contribution < 1.29 is 9.59 Å². The number of benzene rings is 1. The Balaban J connectivity index is 0.00000227. The van der Waals surface area contributed by atoms with E-state index in [9.17, 15) is 4.79 Å². The first kappa shape index (κ1) is 26.6. The normalized spacial score (nSPS) is 10.2. The molecular weight excluding hydrogens is 344 g/mol. The highest BCUT2D eigenvalue weighted by Gasteiger charge is 2.03. The molecule has 1 aromatic rings. The molecule has 160 valence electrons. The Bertz CT molecular complexity index is 453. The molecule has 0 aliphatic rings. The highest BCUT2D eigenvalue weighted by molar-refractivity contribution is 5.95. The number of ketones is 1. The first-order chi connectivity index (χ1) is 13.8. The Morgan fingerprint density at radius 1 is 0.679 bits per heavy atom. The molecule has 0 radical (unpaired) electrons. The van der Waals surface area contributed by atoms with E-state index in [0.29, 0.717) is 12.2 Å². The molecule has 2 nitrogen and oxygen atoms in total. The Labute approximate surface area is 174 Å². The van der Waals surface area contributed by atoms with Gasteiger partial charge in [-0.3, -0.25) is 4.79 Å². The van der Waals surface area contributed by atoms with Gasteiger partial charge in [0.1, 0.15) is 6.29 Å². The molecular formula is C26H44O2. The monoisotopic (exact) mass is 388 g/mol. The smallest absolute Gasteiger partial charge is 0.162 e. The summed E-state index contributed by atoms with van der Waals surface area (Å²) in [5.74, 6) is 0.301. The molecule has 0 N–H and O–H groups in total. The van der Waals surface area contributed by atoms with Crippen LogP contribution in [0.15, 0.2) is 30.3 Å². The summed E-state index contributed by atoms with van der Waals surface area (Å²) < 4.78 is 0. The summed E-state index contributed by atoms with van der Waals surface area (Å²) >= 11 is 0. The highest BCUT2D eigenvalue weighted by atomic mass is 16.1. The number of carbonyl (C=O) groups is 2. The first-order valence-electron chi connectivity index (χ1n) is 11.7. The van der Waals surface area contributed by atoms with Gasteiger partial charge in [0, 0.05) is 12.0 Å². The molecule has 0 aliphatic heterocycles. The van der Waals surface area contributed by atoms with Gasteiger partial charge >= 0.3 is 0 Å². The number of aldehydes is 1. The van der Waals surface area contributed by atoms with Crippen LogP contribution in [0.25, 0.3) is 0 Å². The second-order valence-electron chi connectivity index (χ2n) is 7.72. The number of carbonyl (C=O) groups excluding carboxylic acids is 2. The molecule has 1 aromatic carbocycles. The van der Waals surface area contributed by atoms with Gasteiger partial charge < -0.3 is 4.79 Å². The molecule has 0 spiro atoms. The topological polar surface area (TPSA) is 34.1 Å². The van der Waals surface area contributed by atoms with Crippen LogP contribution in [0.3, 0.4) is 0 Å². The molecule has 0 aromatic heterocycles. The molecule has 2 heteroatoms. The van der Waals surface area contributed by atoms with Crippen LogP contribution >= 0.6 is 0 Å². The Kier molecular flexibility index (Phi) is 20.7. The zero-order valence-electron chi connectivity index (χ0n) is 18.6. The van der Waals surface area contributed by atoms with Crippen molar-refractivity contribution in [2.75, 3.05) is 0 Å². The van der Waals surface area contributed by atoms with Crippen LogP contribution < -0.4 is 0 Å². The minimum atomic E-state index is 0.301. The fraction of sp³-hybridized carbons (Fsp3) is 0.692. The fourth-order valence-electron chi connectivity index (χ4n) is 3.43. The van der Waals surface area contributed by atoms with Gasteiger partial charge in [-0.1, -0.05) is 127 Å². The van der Waals surface area contributed by atoms with Crippen molar-refractivity contribution in [3.8, 4) is 0 Å². The van der Waals surface area contributed by atoms with Crippen LogP contribution in [-0.2, 0) is 4.79 Å². The van der Waals surface area contributed by atoms with E-state index in [1.54, 1.807) is 0 Å². The van der Waals surface area contributed by atoms with Gasteiger partial charge in [0.05, 0.1) is 0 Å². The predicted octanol–water partition coefficient (Wildman–Crippen LogP) is 8.34. The first-order valence-corrected chi connectivity index (χ1v) is 11.7. The van der Waals surface area contributed by atoms with Gasteiger partial charge in [0.2, 0.25) is 0 Å². The van der Waals surface area contributed by atoms with E-state index in [2.05, 4.69) is 6.92 Å². The van der Waals surface area contributed by atoms with E-state index in [4.69, 9.17) is 4.79 Å². The van der Waals surface area contributed by atoms with E-state index in [1.165, 1.54) is 96.8 Å². The summed E-state index contributed by atoms with van der Waals surface area (Å²) in [6.45, 7) is 3.73. The second-order valence-corrected chi connectivity index (χ2v) is 7.72. The Morgan fingerprint density at radius 3 is 1.43 bits per heavy atom. The van der Waals surface area contributed by atoms with Crippen LogP contribution in [0.1, 0.15) is 127 Å². The molecule has 0 atom stereocenters. The van der Waals surface area contributed by atoms with Gasteiger partial charge in [-0.2, -0.15) is 0 Å². The molecule has 1 rings (SSSR count). The zero-order valence-corrected chi connectivity index (χ0v) is 18.6. The third-order valence-corrected chi connectivity index (χ3v) is 5.10. The van der Waals surface area contributed by atoms with Crippen molar-refractivity contribution in [3.63, 3.8) is 0 Å². The number of hydrogen-bond acceptors (Lipinski definition) is 2. The van der Waals surface area contributed by atoms with Crippen LogP contribution in [0.4, 0.5) is 0 Å². The molecule has 0 fully saturated rings. The van der Waals surface area contributed by atoms with Crippen LogP contribution in [0, 0.1) is 0 Å². The maximum atomic E-state index is 12.0. The maximum absolute atomic E-state index is 12.0. The summed E-state index contributed by atoms with van der Waals surface area (Å²) in [6.07, 6.45) is 22.0. The lowest BCUT2D eigenvalue weighted by molar-refractivity contribution is -0.106. The lowest BCUT2D eigenvalue weighted by Gasteiger charge is -2.04. The predicted molar refractivity (Wildman–Crippen MR) is 122 cm³/mol. The minimum Gasteiger partial charge on any atom is -0.304 e. The average molecular weight is 389 g/mol. The van der Waals surface area contributed by atoms with Gasteiger partial charge in [-0.05, 0) is 13.3 Å². The minimum absolute atomic E-state index is 0.301. The SMILES string of the molecule is CC=O.CCCCCCCCCCCCCCCCCC(=O)c1ccccc1. The summed E-state index contributed by atoms with van der Waals surface area (Å²) in [7, 11) is 0. The third-order valence-electron chi connectivity index (χ3n) is 5.10. The molecule has 0 saturated heterocycles. The lowest BCUT2D eigenvalue weighted by atomic mass is 10.0.